The molecule has 0 fully saturated rings. The van der Waals surface area contributed by atoms with Gasteiger partial charge in [-0.2, -0.15) is 0 Å². The number of hydrogen-bond donors (Lipinski definition) is 1. The van der Waals surface area contributed by atoms with Crippen LogP contribution in [0.1, 0.15) is 0 Å². The van der Waals surface area contributed by atoms with Gasteiger partial charge in [0.05, 0.1) is 5.69 Å². The Labute approximate surface area is 104 Å². The van der Waals surface area contributed by atoms with Crippen LogP contribution in [-0.2, 0) is 6.54 Å². The normalized spacial score (nSPS) is 10.9. The largest absolute Gasteiger partial charge is 0.331 e. The van der Waals surface area contributed by atoms with Crippen LogP contribution in [0.4, 0.5) is 0 Å². The number of aromatic nitrogens is 4. The highest BCUT2D eigenvalue weighted by molar-refractivity contribution is 5.92. The molecule has 2 N–H and O–H groups in total. The van der Waals surface area contributed by atoms with Crippen LogP contribution < -0.4 is 5.73 Å². The van der Waals surface area contributed by atoms with Gasteiger partial charge in [-0.25, -0.2) is 15.0 Å². The molecule has 18 heavy (non-hydrogen) atoms. The van der Waals surface area contributed by atoms with E-state index in [2.05, 4.69) is 25.6 Å². The van der Waals surface area contributed by atoms with Crippen molar-refractivity contribution >= 4 is 11.0 Å². The van der Waals surface area contributed by atoms with Crippen molar-refractivity contribution in [3.63, 3.8) is 0 Å². The summed E-state index contributed by atoms with van der Waals surface area (Å²) >= 11 is 0. The molecule has 0 aliphatic carbocycles. The summed E-state index contributed by atoms with van der Waals surface area (Å²) in [6, 6.07) is 5.92. The number of fused-ring (bicyclic) bond motifs is 1. The second kappa shape index (κ2) is 4.54. The summed E-state index contributed by atoms with van der Waals surface area (Å²) in [6.07, 6.45) is 7.10. The van der Waals surface area contributed by atoms with Gasteiger partial charge in [0.15, 0.2) is 0 Å². The molecule has 3 heterocycles. The van der Waals surface area contributed by atoms with Gasteiger partial charge in [0.25, 0.3) is 0 Å². The maximum absolute atomic E-state index is 5.59. The molecule has 0 bridgehead atoms. The van der Waals surface area contributed by atoms with E-state index >= 15 is 0 Å². The topological polar surface area (TPSA) is 69.6 Å². The molecule has 0 atom stereocenters. The van der Waals surface area contributed by atoms with Gasteiger partial charge < -0.3 is 10.3 Å². The zero-order valence-electron chi connectivity index (χ0n) is 9.82. The molecule has 0 unspecified atom stereocenters. The molecular formula is C13H13N5. The molecule has 0 aromatic carbocycles. The maximum atomic E-state index is 5.59. The first kappa shape index (κ1) is 10.9. The smallest absolute Gasteiger partial charge is 0.140 e. The van der Waals surface area contributed by atoms with Crippen LogP contribution in [0.25, 0.3) is 22.3 Å². The van der Waals surface area contributed by atoms with E-state index in [0.717, 1.165) is 28.8 Å². The third-order valence-corrected chi connectivity index (χ3v) is 2.89. The van der Waals surface area contributed by atoms with Crippen molar-refractivity contribution in [2.75, 3.05) is 6.54 Å². The van der Waals surface area contributed by atoms with E-state index in [4.69, 9.17) is 5.73 Å². The predicted molar refractivity (Wildman–Crippen MR) is 69.8 cm³/mol. The molecule has 0 aliphatic rings. The summed E-state index contributed by atoms with van der Waals surface area (Å²) in [4.78, 5) is 12.6. The Bertz CT molecular complexity index is 659. The monoisotopic (exact) mass is 239 g/mol. The van der Waals surface area contributed by atoms with Gasteiger partial charge >= 0.3 is 0 Å². The Morgan fingerprint density at radius 2 is 2.06 bits per heavy atom. The fraction of sp³-hybridized carbons (Fsp3) is 0.154. The minimum absolute atomic E-state index is 0.600. The lowest BCUT2D eigenvalue weighted by molar-refractivity contribution is 0.728. The minimum Gasteiger partial charge on any atom is -0.331 e. The van der Waals surface area contributed by atoms with E-state index in [1.165, 1.54) is 0 Å². The van der Waals surface area contributed by atoms with Crippen LogP contribution in [0, 0.1) is 0 Å². The SMILES string of the molecule is NCCn1ccc2c(-c3ccncn3)ccnc21. The molecule has 5 nitrogen and oxygen atoms in total. The lowest BCUT2D eigenvalue weighted by atomic mass is 10.1. The van der Waals surface area contributed by atoms with Crippen LogP contribution >= 0.6 is 0 Å². The molecule has 3 aromatic rings. The molecule has 0 radical (unpaired) electrons. The number of nitrogens with two attached hydrogens (primary N) is 1. The zero-order chi connectivity index (χ0) is 12.4. The van der Waals surface area contributed by atoms with Crippen LogP contribution in [-0.4, -0.2) is 26.1 Å². The standard InChI is InChI=1S/C13H13N5/c14-4-8-18-7-3-11-10(1-6-16-13(11)18)12-2-5-15-9-17-12/h1-3,5-7,9H,4,8,14H2. The summed E-state index contributed by atoms with van der Waals surface area (Å²) in [5.41, 5.74) is 8.51. The number of nitrogens with zero attached hydrogens (tertiary/aromatic N) is 4. The molecule has 0 saturated heterocycles. The van der Waals surface area contributed by atoms with E-state index in [1.807, 2.05) is 18.3 Å². The Balaban J connectivity index is 2.19. The Hall–Kier alpha value is -2.27. The summed E-state index contributed by atoms with van der Waals surface area (Å²) in [6.45, 7) is 1.37. The fourth-order valence-electron chi connectivity index (χ4n) is 2.08. The van der Waals surface area contributed by atoms with Crippen LogP contribution in [0.15, 0.2) is 43.1 Å². The molecule has 3 aromatic heterocycles. The number of pyridine rings is 1. The van der Waals surface area contributed by atoms with E-state index in [1.54, 1.807) is 18.7 Å². The summed E-state index contributed by atoms with van der Waals surface area (Å²) in [7, 11) is 0. The molecule has 0 amide bonds. The molecule has 90 valence electrons. The van der Waals surface area contributed by atoms with E-state index in [9.17, 15) is 0 Å². The Kier molecular flexibility index (Phi) is 2.74. The maximum Gasteiger partial charge on any atom is 0.140 e. The first-order valence-corrected chi connectivity index (χ1v) is 5.80. The van der Waals surface area contributed by atoms with Crippen molar-refractivity contribution in [1.29, 1.82) is 0 Å². The Morgan fingerprint density at radius 1 is 1.11 bits per heavy atom. The van der Waals surface area contributed by atoms with Gasteiger partial charge in [0, 0.05) is 42.6 Å². The fourth-order valence-corrected chi connectivity index (χ4v) is 2.08. The Morgan fingerprint density at radius 3 is 2.83 bits per heavy atom. The number of hydrogen-bond acceptors (Lipinski definition) is 4. The van der Waals surface area contributed by atoms with E-state index < -0.39 is 0 Å². The lowest BCUT2D eigenvalue weighted by Gasteiger charge is -2.04. The van der Waals surface area contributed by atoms with Crippen molar-refractivity contribution in [3.05, 3.63) is 43.1 Å². The van der Waals surface area contributed by atoms with Crippen LogP contribution in [0.3, 0.4) is 0 Å². The van der Waals surface area contributed by atoms with Gasteiger partial charge in [0.2, 0.25) is 0 Å². The second-order valence-corrected chi connectivity index (χ2v) is 3.99. The second-order valence-electron chi connectivity index (χ2n) is 3.99. The summed E-state index contributed by atoms with van der Waals surface area (Å²) in [5.74, 6) is 0. The molecule has 0 aliphatic heterocycles. The van der Waals surface area contributed by atoms with Gasteiger partial charge in [-0.3, -0.25) is 0 Å². The quantitative estimate of drug-likeness (QED) is 0.751. The lowest BCUT2D eigenvalue weighted by Crippen LogP contribution is -2.09. The highest BCUT2D eigenvalue weighted by Gasteiger charge is 2.08. The first-order chi connectivity index (χ1) is 8.90. The van der Waals surface area contributed by atoms with Crippen molar-refractivity contribution in [3.8, 4) is 11.3 Å². The minimum atomic E-state index is 0.600. The molecule has 3 rings (SSSR count). The average Bonchev–Trinajstić information content (AvgIpc) is 2.84. The van der Waals surface area contributed by atoms with Gasteiger partial charge in [-0.1, -0.05) is 0 Å². The molecule has 0 spiro atoms. The van der Waals surface area contributed by atoms with Gasteiger partial charge in [-0.05, 0) is 18.2 Å². The summed E-state index contributed by atoms with van der Waals surface area (Å²) < 4.78 is 2.06. The molecule has 0 saturated carbocycles. The first-order valence-electron chi connectivity index (χ1n) is 5.80. The van der Waals surface area contributed by atoms with Crippen molar-refractivity contribution in [2.24, 2.45) is 5.73 Å². The third-order valence-electron chi connectivity index (χ3n) is 2.89. The molecular weight excluding hydrogens is 226 g/mol. The van der Waals surface area contributed by atoms with E-state index in [-0.39, 0.29) is 0 Å². The highest BCUT2D eigenvalue weighted by Crippen LogP contribution is 2.26. The predicted octanol–water partition coefficient (Wildman–Crippen LogP) is 1.45. The molecule has 5 heteroatoms. The van der Waals surface area contributed by atoms with Crippen molar-refractivity contribution in [2.45, 2.75) is 6.54 Å². The summed E-state index contributed by atoms with van der Waals surface area (Å²) in [5, 5.41) is 1.09. The average molecular weight is 239 g/mol. The van der Waals surface area contributed by atoms with Gasteiger partial charge in [0.1, 0.15) is 12.0 Å². The highest BCUT2D eigenvalue weighted by atomic mass is 15.0. The number of rotatable bonds is 3. The van der Waals surface area contributed by atoms with Crippen LogP contribution in [0.2, 0.25) is 0 Å². The third kappa shape index (κ3) is 1.74. The zero-order valence-corrected chi connectivity index (χ0v) is 9.82. The van der Waals surface area contributed by atoms with Gasteiger partial charge in [-0.15, -0.1) is 0 Å². The van der Waals surface area contributed by atoms with Crippen molar-refractivity contribution < 1.29 is 0 Å². The van der Waals surface area contributed by atoms with Crippen LogP contribution in [0.5, 0.6) is 0 Å². The van der Waals surface area contributed by atoms with Crippen molar-refractivity contribution in [1.82, 2.24) is 19.5 Å². The van der Waals surface area contributed by atoms with E-state index in [0.29, 0.717) is 6.54 Å².